The van der Waals surface area contributed by atoms with E-state index in [-0.39, 0.29) is 12.8 Å². The van der Waals surface area contributed by atoms with Crippen molar-refractivity contribution in [1.82, 2.24) is 10.2 Å². The summed E-state index contributed by atoms with van der Waals surface area (Å²) < 4.78 is 37.5. The van der Waals surface area contributed by atoms with Crippen LogP contribution in [0.15, 0.2) is 0 Å². The molecule has 1 aliphatic heterocycles. The Morgan fingerprint density at radius 3 is 2.29 bits per heavy atom. The van der Waals surface area contributed by atoms with Crippen molar-refractivity contribution in [3.63, 3.8) is 0 Å². The maximum Gasteiger partial charge on any atom is 0.391 e. The molecule has 1 atom stereocenters. The molecule has 1 fully saturated rings. The highest BCUT2D eigenvalue weighted by atomic mass is 19.4. The number of likely N-dealkylation sites (tertiary alicyclic amines) is 1. The lowest BCUT2D eigenvalue weighted by Crippen LogP contribution is -2.45. The van der Waals surface area contributed by atoms with E-state index in [0.717, 1.165) is 19.4 Å². The third-order valence-electron chi connectivity index (χ3n) is 3.57. The maximum atomic E-state index is 12.5. The molecule has 0 aromatic heterocycles. The molecule has 0 bridgehead atoms. The second-order valence-corrected chi connectivity index (χ2v) is 4.89. The topological polar surface area (TPSA) is 15.3 Å². The van der Waals surface area contributed by atoms with Crippen molar-refractivity contribution in [3.8, 4) is 0 Å². The Kier molecular flexibility index (Phi) is 5.73. The molecule has 0 amide bonds. The summed E-state index contributed by atoms with van der Waals surface area (Å²) in [4.78, 5) is 2.15. The second-order valence-electron chi connectivity index (χ2n) is 4.89. The molecule has 17 heavy (non-hydrogen) atoms. The summed E-state index contributed by atoms with van der Waals surface area (Å²) in [6, 6.07) is 0.405. The van der Waals surface area contributed by atoms with Gasteiger partial charge in [0.05, 0.1) is 5.92 Å². The molecule has 0 radical (unpaired) electrons. The molecule has 102 valence electrons. The standard InChI is InChI=1S/C12H23F3N2/c1-3-4-11(16-2)9-17-7-5-10(6-8-17)12(13,14)15/h10-11,16H,3-9H2,1-2H3. The third-order valence-corrected chi connectivity index (χ3v) is 3.57. The number of nitrogens with one attached hydrogen (secondary N) is 1. The van der Waals surface area contributed by atoms with Crippen molar-refractivity contribution in [2.45, 2.75) is 44.8 Å². The van der Waals surface area contributed by atoms with Crippen molar-refractivity contribution < 1.29 is 13.2 Å². The van der Waals surface area contributed by atoms with E-state index >= 15 is 0 Å². The highest BCUT2D eigenvalue weighted by molar-refractivity contribution is 4.79. The quantitative estimate of drug-likeness (QED) is 0.809. The zero-order chi connectivity index (χ0) is 12.9. The van der Waals surface area contributed by atoms with Gasteiger partial charge in [0, 0.05) is 12.6 Å². The van der Waals surface area contributed by atoms with Crippen LogP contribution in [0.25, 0.3) is 0 Å². The van der Waals surface area contributed by atoms with E-state index in [0.29, 0.717) is 19.1 Å². The van der Waals surface area contributed by atoms with E-state index in [1.165, 1.54) is 0 Å². The molecule has 1 unspecified atom stereocenters. The first kappa shape index (κ1) is 14.8. The Balaban J connectivity index is 2.31. The summed E-state index contributed by atoms with van der Waals surface area (Å²) >= 11 is 0. The minimum absolute atomic E-state index is 0.256. The van der Waals surface area contributed by atoms with Gasteiger partial charge < -0.3 is 10.2 Å². The lowest BCUT2D eigenvalue weighted by molar-refractivity contribution is -0.185. The van der Waals surface area contributed by atoms with Crippen molar-refractivity contribution in [3.05, 3.63) is 0 Å². The molecule has 5 heteroatoms. The van der Waals surface area contributed by atoms with E-state index in [1.54, 1.807) is 0 Å². The lowest BCUT2D eigenvalue weighted by Gasteiger charge is -2.34. The molecular formula is C12H23F3N2. The van der Waals surface area contributed by atoms with Crippen LogP contribution in [0.5, 0.6) is 0 Å². The van der Waals surface area contributed by atoms with Crippen LogP contribution >= 0.6 is 0 Å². The largest absolute Gasteiger partial charge is 0.391 e. The smallest absolute Gasteiger partial charge is 0.316 e. The highest BCUT2D eigenvalue weighted by Crippen LogP contribution is 2.34. The number of alkyl halides is 3. The molecule has 2 nitrogen and oxygen atoms in total. The number of piperidine rings is 1. The summed E-state index contributed by atoms with van der Waals surface area (Å²) in [5, 5.41) is 3.23. The molecule has 1 aliphatic rings. The molecule has 0 aliphatic carbocycles. The van der Waals surface area contributed by atoms with Gasteiger partial charge in [0.1, 0.15) is 0 Å². The number of halogens is 3. The fourth-order valence-electron chi connectivity index (χ4n) is 2.43. The zero-order valence-corrected chi connectivity index (χ0v) is 10.7. The van der Waals surface area contributed by atoms with Crippen LogP contribution < -0.4 is 5.32 Å². The van der Waals surface area contributed by atoms with Gasteiger partial charge in [-0.1, -0.05) is 13.3 Å². The summed E-state index contributed by atoms with van der Waals surface area (Å²) in [7, 11) is 1.92. The van der Waals surface area contributed by atoms with Gasteiger partial charge in [-0.2, -0.15) is 13.2 Å². The van der Waals surface area contributed by atoms with Crippen molar-refractivity contribution >= 4 is 0 Å². The zero-order valence-electron chi connectivity index (χ0n) is 10.7. The first-order valence-electron chi connectivity index (χ1n) is 6.43. The molecule has 1 rings (SSSR count). The molecule has 0 aromatic rings. The first-order chi connectivity index (χ1) is 7.97. The molecule has 1 saturated heterocycles. The third kappa shape index (κ3) is 4.84. The Hall–Kier alpha value is -0.290. The predicted molar refractivity (Wildman–Crippen MR) is 63.0 cm³/mol. The summed E-state index contributed by atoms with van der Waals surface area (Å²) in [5.41, 5.74) is 0. The Labute approximate surface area is 102 Å². The average molecular weight is 252 g/mol. The molecule has 1 N–H and O–H groups in total. The van der Waals surface area contributed by atoms with Gasteiger partial charge in [0.15, 0.2) is 0 Å². The number of nitrogens with zero attached hydrogens (tertiary/aromatic N) is 1. The molecule has 0 spiro atoms. The van der Waals surface area contributed by atoms with Crippen LogP contribution in [0.4, 0.5) is 13.2 Å². The van der Waals surface area contributed by atoms with Gasteiger partial charge >= 0.3 is 6.18 Å². The van der Waals surface area contributed by atoms with Gasteiger partial charge in [-0.3, -0.25) is 0 Å². The molecule has 1 heterocycles. The average Bonchev–Trinajstić information content (AvgIpc) is 2.28. The van der Waals surface area contributed by atoms with Crippen molar-refractivity contribution in [2.75, 3.05) is 26.7 Å². The van der Waals surface area contributed by atoms with E-state index in [1.807, 2.05) is 7.05 Å². The summed E-state index contributed by atoms with van der Waals surface area (Å²) in [6.07, 6.45) is -1.31. The molecular weight excluding hydrogens is 229 g/mol. The van der Waals surface area contributed by atoms with Crippen LogP contribution in [0, 0.1) is 5.92 Å². The first-order valence-corrected chi connectivity index (χ1v) is 6.43. The highest BCUT2D eigenvalue weighted by Gasteiger charge is 2.41. The Bertz CT molecular complexity index is 210. The van der Waals surface area contributed by atoms with E-state index in [9.17, 15) is 13.2 Å². The van der Waals surface area contributed by atoms with Crippen molar-refractivity contribution in [1.29, 1.82) is 0 Å². The second kappa shape index (κ2) is 6.59. The van der Waals surface area contributed by atoms with Crippen LogP contribution in [0.3, 0.4) is 0 Å². The number of rotatable bonds is 5. The van der Waals surface area contributed by atoms with Crippen LogP contribution in [-0.2, 0) is 0 Å². The monoisotopic (exact) mass is 252 g/mol. The summed E-state index contributed by atoms with van der Waals surface area (Å²) in [5.74, 6) is -1.09. The van der Waals surface area contributed by atoms with E-state index in [2.05, 4.69) is 17.1 Å². The van der Waals surface area contributed by atoms with E-state index in [4.69, 9.17) is 0 Å². The minimum Gasteiger partial charge on any atom is -0.316 e. The van der Waals surface area contributed by atoms with Crippen LogP contribution in [0.2, 0.25) is 0 Å². The number of hydrogen-bond donors (Lipinski definition) is 1. The van der Waals surface area contributed by atoms with Crippen molar-refractivity contribution in [2.24, 2.45) is 5.92 Å². The van der Waals surface area contributed by atoms with Crippen LogP contribution in [-0.4, -0.2) is 43.8 Å². The fraction of sp³-hybridized carbons (Fsp3) is 1.00. The normalized spacial score (nSPS) is 21.7. The van der Waals surface area contributed by atoms with Gasteiger partial charge in [-0.05, 0) is 39.4 Å². The molecule has 0 aromatic carbocycles. The number of likely N-dealkylation sites (N-methyl/N-ethyl adjacent to an activating group) is 1. The van der Waals surface area contributed by atoms with Gasteiger partial charge in [-0.25, -0.2) is 0 Å². The maximum absolute atomic E-state index is 12.5. The van der Waals surface area contributed by atoms with E-state index < -0.39 is 12.1 Å². The van der Waals surface area contributed by atoms with Gasteiger partial charge in [0.2, 0.25) is 0 Å². The Morgan fingerprint density at radius 1 is 1.29 bits per heavy atom. The fourth-order valence-corrected chi connectivity index (χ4v) is 2.43. The van der Waals surface area contributed by atoms with Gasteiger partial charge in [-0.15, -0.1) is 0 Å². The SMILES string of the molecule is CCCC(CN1CCC(C(F)(F)F)CC1)NC. The minimum atomic E-state index is -4.00. The van der Waals surface area contributed by atoms with Gasteiger partial charge in [0.25, 0.3) is 0 Å². The van der Waals surface area contributed by atoms with Crippen LogP contribution in [0.1, 0.15) is 32.6 Å². The number of hydrogen-bond acceptors (Lipinski definition) is 2. The Morgan fingerprint density at radius 2 is 1.88 bits per heavy atom. The summed E-state index contributed by atoms with van der Waals surface area (Å²) in [6.45, 7) is 4.15. The lowest BCUT2D eigenvalue weighted by atomic mass is 9.96. The molecule has 0 saturated carbocycles. The predicted octanol–water partition coefficient (Wildman–Crippen LogP) is 2.65.